The Hall–Kier alpha value is 0.770. The summed E-state index contributed by atoms with van der Waals surface area (Å²) in [6.45, 7) is 3.61. The molecule has 0 saturated carbocycles. The first kappa shape index (κ1) is 6.77. The molecule has 0 aliphatic heterocycles. The minimum Gasteiger partial charge on any atom is -0.110 e. The molecule has 0 saturated heterocycles. The van der Waals surface area contributed by atoms with Crippen molar-refractivity contribution in [1.29, 1.82) is 0 Å². The highest BCUT2D eigenvalue weighted by Crippen LogP contribution is 2.10. The van der Waals surface area contributed by atoms with Gasteiger partial charge in [-0.1, -0.05) is 29.3 Å². The molecule has 1 radical (unpaired) electrons. The van der Waals surface area contributed by atoms with E-state index in [0.29, 0.717) is 0 Å². The van der Waals surface area contributed by atoms with E-state index in [-0.39, 0.29) is 4.29 Å². The van der Waals surface area contributed by atoms with Gasteiger partial charge in [-0.15, -0.1) is 11.6 Å². The van der Waals surface area contributed by atoms with Crippen molar-refractivity contribution >= 4 is 27.5 Å². The third-order valence-corrected chi connectivity index (χ3v) is 1.10. The minimum atomic E-state index is 0.120. The zero-order valence-electron chi connectivity index (χ0n) is 3.45. The zero-order valence-corrected chi connectivity index (χ0v) is 5.80. The van der Waals surface area contributed by atoms with Crippen LogP contribution in [0.25, 0.3) is 0 Å². The minimum absolute atomic E-state index is 0.120. The average Bonchev–Trinajstić information content (AvgIpc) is 1.35. The van der Waals surface area contributed by atoms with E-state index in [0.717, 1.165) is 12.8 Å². The van der Waals surface area contributed by atoms with Gasteiger partial charge in [0.25, 0.3) is 0 Å². The summed E-state index contributed by atoms with van der Waals surface area (Å²) in [5, 5.41) is 0. The molecule has 6 heavy (non-hydrogen) atoms. The Morgan fingerprint density at radius 1 is 1.83 bits per heavy atom. The number of alkyl halides is 2. The van der Waals surface area contributed by atoms with Crippen LogP contribution < -0.4 is 0 Å². The molecule has 0 aliphatic rings. The molecule has 0 nitrogen and oxygen atoms in total. The predicted molar refractivity (Wildman–Crippen MR) is 33.2 cm³/mol. The largest absolute Gasteiger partial charge is 0.110 e. The lowest BCUT2D eigenvalue weighted by atomic mass is 10.4. The Morgan fingerprint density at radius 3 is 2.33 bits per heavy atom. The molecule has 0 fully saturated rings. The summed E-state index contributed by atoms with van der Waals surface area (Å²) in [5.41, 5.74) is 0. The summed E-state index contributed by atoms with van der Waals surface area (Å²) >= 11 is 8.61. The Morgan fingerprint density at radius 2 is 2.33 bits per heavy atom. The van der Waals surface area contributed by atoms with Gasteiger partial charge in [-0.3, -0.25) is 0 Å². The van der Waals surface area contributed by atoms with Gasteiger partial charge in [-0.05, 0) is 6.42 Å². The highest BCUT2D eigenvalue weighted by atomic mass is 79.9. The molecule has 0 aromatic heterocycles. The lowest BCUT2D eigenvalue weighted by molar-refractivity contribution is 0.938. The summed E-state index contributed by atoms with van der Waals surface area (Å²) in [7, 11) is 0. The van der Waals surface area contributed by atoms with E-state index < -0.39 is 0 Å². The smallest absolute Gasteiger partial charge is 0.0886 e. The van der Waals surface area contributed by atoms with E-state index in [9.17, 15) is 0 Å². The predicted octanol–water partition coefficient (Wildman–Crippen LogP) is 2.56. The van der Waals surface area contributed by atoms with Gasteiger partial charge < -0.3 is 0 Å². The highest BCUT2D eigenvalue weighted by molar-refractivity contribution is 9.10. The Bertz CT molecular complexity index is 28.7. The average molecular weight is 170 g/mol. The molecule has 0 aromatic rings. The summed E-state index contributed by atoms with van der Waals surface area (Å²) < 4.78 is 0.120. The van der Waals surface area contributed by atoms with Crippen LogP contribution in [-0.2, 0) is 0 Å². The summed E-state index contributed by atoms with van der Waals surface area (Å²) in [5.74, 6) is 0. The molecule has 0 heterocycles. The van der Waals surface area contributed by atoms with Gasteiger partial charge in [0.05, 0.1) is 4.29 Å². The first-order valence-corrected chi connectivity index (χ1v) is 3.20. The van der Waals surface area contributed by atoms with Crippen molar-refractivity contribution in [3.8, 4) is 0 Å². The van der Waals surface area contributed by atoms with Crippen LogP contribution >= 0.6 is 27.5 Å². The summed E-state index contributed by atoms with van der Waals surface area (Å²) in [6, 6.07) is 0. The number of hydrogen-bond acceptors (Lipinski definition) is 0. The molecule has 0 bridgehead atoms. The molecule has 0 aliphatic carbocycles. The van der Waals surface area contributed by atoms with E-state index in [2.05, 4.69) is 22.9 Å². The Balaban J connectivity index is 2.63. The van der Waals surface area contributed by atoms with Gasteiger partial charge in [0.15, 0.2) is 0 Å². The molecule has 1 atom stereocenters. The lowest BCUT2D eigenvalue weighted by Gasteiger charge is -1.91. The maximum atomic E-state index is 5.45. The fourth-order valence-electron chi connectivity index (χ4n) is 0.154. The SMILES string of the molecule is [CH2]CCC(Cl)Br. The van der Waals surface area contributed by atoms with Crippen molar-refractivity contribution in [2.45, 2.75) is 17.1 Å². The number of hydrogen-bond donors (Lipinski definition) is 0. The van der Waals surface area contributed by atoms with Crippen LogP contribution in [0.3, 0.4) is 0 Å². The van der Waals surface area contributed by atoms with Crippen LogP contribution in [0.1, 0.15) is 12.8 Å². The highest BCUT2D eigenvalue weighted by Gasteiger charge is 1.90. The Labute approximate surface area is 52.0 Å². The van der Waals surface area contributed by atoms with Crippen LogP contribution in [0.4, 0.5) is 0 Å². The van der Waals surface area contributed by atoms with Gasteiger partial charge in [-0.2, -0.15) is 0 Å². The second-order valence-electron chi connectivity index (χ2n) is 1.03. The molecular formula is C4H7BrCl. The van der Waals surface area contributed by atoms with Crippen LogP contribution in [-0.4, -0.2) is 4.29 Å². The molecule has 0 spiro atoms. The van der Waals surface area contributed by atoms with E-state index in [1.54, 1.807) is 0 Å². The summed E-state index contributed by atoms with van der Waals surface area (Å²) in [6.07, 6.45) is 1.85. The molecule has 0 N–H and O–H groups in total. The maximum Gasteiger partial charge on any atom is 0.0886 e. The van der Waals surface area contributed by atoms with Crippen LogP contribution in [0.5, 0.6) is 0 Å². The zero-order chi connectivity index (χ0) is 4.99. The van der Waals surface area contributed by atoms with Crippen LogP contribution in [0.15, 0.2) is 0 Å². The van der Waals surface area contributed by atoms with Crippen molar-refractivity contribution in [2.75, 3.05) is 0 Å². The quantitative estimate of drug-likeness (QED) is 0.559. The fraction of sp³-hybridized carbons (Fsp3) is 0.750. The van der Waals surface area contributed by atoms with Crippen molar-refractivity contribution in [1.82, 2.24) is 0 Å². The van der Waals surface area contributed by atoms with Gasteiger partial charge in [0.2, 0.25) is 0 Å². The van der Waals surface area contributed by atoms with E-state index in [1.807, 2.05) is 0 Å². The van der Waals surface area contributed by atoms with E-state index >= 15 is 0 Å². The molecule has 37 valence electrons. The summed E-state index contributed by atoms with van der Waals surface area (Å²) in [4.78, 5) is 0. The number of rotatable bonds is 2. The first-order chi connectivity index (χ1) is 2.77. The van der Waals surface area contributed by atoms with Crippen molar-refractivity contribution in [3.05, 3.63) is 6.92 Å². The molecular weight excluding hydrogens is 163 g/mol. The van der Waals surface area contributed by atoms with E-state index in [4.69, 9.17) is 11.6 Å². The van der Waals surface area contributed by atoms with Gasteiger partial charge in [0.1, 0.15) is 0 Å². The van der Waals surface area contributed by atoms with Crippen LogP contribution in [0, 0.1) is 6.92 Å². The monoisotopic (exact) mass is 169 g/mol. The second kappa shape index (κ2) is 3.94. The van der Waals surface area contributed by atoms with Gasteiger partial charge in [-0.25, -0.2) is 0 Å². The van der Waals surface area contributed by atoms with Gasteiger partial charge >= 0.3 is 0 Å². The lowest BCUT2D eigenvalue weighted by Crippen LogP contribution is -1.80. The van der Waals surface area contributed by atoms with E-state index in [1.165, 1.54) is 0 Å². The van der Waals surface area contributed by atoms with Crippen LogP contribution in [0.2, 0.25) is 0 Å². The molecule has 0 amide bonds. The van der Waals surface area contributed by atoms with Crippen molar-refractivity contribution < 1.29 is 0 Å². The third kappa shape index (κ3) is 4.77. The maximum absolute atomic E-state index is 5.45. The van der Waals surface area contributed by atoms with Gasteiger partial charge in [0, 0.05) is 0 Å². The molecule has 0 aromatic carbocycles. The molecule has 2 heteroatoms. The fourth-order valence-corrected chi connectivity index (χ4v) is 0.632. The normalized spacial score (nSPS) is 14.5. The Kier molecular flexibility index (Phi) is 4.45. The second-order valence-corrected chi connectivity index (χ2v) is 3.19. The van der Waals surface area contributed by atoms with Crippen molar-refractivity contribution in [2.24, 2.45) is 0 Å². The topological polar surface area (TPSA) is 0 Å². The molecule has 0 rings (SSSR count). The third-order valence-electron chi connectivity index (χ3n) is 0.422. The first-order valence-electron chi connectivity index (χ1n) is 1.84. The molecule has 1 unspecified atom stereocenters. The standard InChI is InChI=1S/C4H7BrCl/c1-2-3-4(5)6/h4H,1-3H2. The van der Waals surface area contributed by atoms with Crippen molar-refractivity contribution in [3.63, 3.8) is 0 Å². The number of halogens is 2.